The molecule has 0 aliphatic carbocycles. The molecular formula is C19H26FN5O2. The van der Waals surface area contributed by atoms with Crippen LogP contribution in [-0.4, -0.2) is 51.1 Å². The van der Waals surface area contributed by atoms with E-state index in [0.29, 0.717) is 23.4 Å². The van der Waals surface area contributed by atoms with E-state index in [1.807, 2.05) is 0 Å². The highest BCUT2D eigenvalue weighted by Gasteiger charge is 2.27. The number of primary amides is 1. The van der Waals surface area contributed by atoms with E-state index in [1.165, 1.54) is 12.3 Å². The van der Waals surface area contributed by atoms with Crippen LogP contribution in [0.1, 0.15) is 42.9 Å². The third kappa shape index (κ3) is 4.28. The van der Waals surface area contributed by atoms with Gasteiger partial charge in [0.1, 0.15) is 17.2 Å². The van der Waals surface area contributed by atoms with Crippen molar-refractivity contribution in [1.29, 1.82) is 0 Å². The topological polar surface area (TPSA) is 121 Å². The van der Waals surface area contributed by atoms with Gasteiger partial charge in [-0.3, -0.25) is 4.79 Å². The first-order chi connectivity index (χ1) is 12.7. The molecule has 3 rings (SSSR count). The lowest BCUT2D eigenvalue weighted by molar-refractivity contribution is 0.0272. The van der Waals surface area contributed by atoms with Gasteiger partial charge in [-0.05, 0) is 57.8 Å². The zero-order valence-electron chi connectivity index (χ0n) is 15.6. The van der Waals surface area contributed by atoms with Gasteiger partial charge in [0.25, 0.3) is 5.91 Å². The summed E-state index contributed by atoms with van der Waals surface area (Å²) in [5.41, 5.74) is 12.1. The first-order valence-corrected chi connectivity index (χ1v) is 9.04. The van der Waals surface area contributed by atoms with E-state index in [1.54, 1.807) is 13.8 Å². The van der Waals surface area contributed by atoms with Crippen LogP contribution < -0.4 is 11.5 Å². The average molecular weight is 375 g/mol. The number of rotatable bonds is 5. The summed E-state index contributed by atoms with van der Waals surface area (Å²) in [7, 11) is 0. The van der Waals surface area contributed by atoms with Crippen LogP contribution in [0.3, 0.4) is 0 Å². The van der Waals surface area contributed by atoms with Gasteiger partial charge in [-0.25, -0.2) is 9.37 Å². The molecule has 7 nitrogen and oxygen atoms in total. The smallest absolute Gasteiger partial charge is 0.251 e. The van der Waals surface area contributed by atoms with Crippen molar-refractivity contribution in [2.45, 2.75) is 32.3 Å². The van der Waals surface area contributed by atoms with Gasteiger partial charge in [0.15, 0.2) is 0 Å². The molecule has 0 saturated carbocycles. The largest absolute Gasteiger partial charge is 0.404 e. The molecule has 146 valence electrons. The number of β-amino-alcohol motifs (C(OH)–C–C–N with tert-alkyl or cyclic N) is 1. The number of aliphatic hydroxyl groups is 1. The number of imidazole rings is 1. The monoisotopic (exact) mass is 375 g/mol. The maximum atomic E-state index is 13.8. The van der Waals surface area contributed by atoms with E-state index < -0.39 is 17.3 Å². The molecular weight excluding hydrogens is 349 g/mol. The molecule has 1 aliphatic heterocycles. The van der Waals surface area contributed by atoms with Gasteiger partial charge in [-0.2, -0.15) is 0 Å². The molecule has 2 heterocycles. The number of nitrogens with one attached hydrogen (secondary N) is 1. The zero-order valence-corrected chi connectivity index (χ0v) is 15.6. The van der Waals surface area contributed by atoms with Crippen LogP contribution in [0.5, 0.6) is 0 Å². The molecule has 6 N–H and O–H groups in total. The second kappa shape index (κ2) is 7.28. The Kier molecular flexibility index (Phi) is 5.21. The quantitative estimate of drug-likeness (QED) is 0.632. The van der Waals surface area contributed by atoms with Crippen LogP contribution in [-0.2, 0) is 0 Å². The number of fused-ring (bicyclic) bond motifs is 1. The number of nitrogens with two attached hydrogens (primary N) is 2. The van der Waals surface area contributed by atoms with E-state index in [0.717, 1.165) is 37.6 Å². The number of hydrogen-bond donors (Lipinski definition) is 4. The molecule has 1 aromatic carbocycles. The molecule has 1 aliphatic rings. The van der Waals surface area contributed by atoms with Gasteiger partial charge in [0.05, 0.1) is 16.7 Å². The van der Waals surface area contributed by atoms with Crippen molar-refractivity contribution in [2.75, 3.05) is 19.6 Å². The number of allylic oxidation sites excluding steroid dienone is 1. The SMILES string of the molecule is CC(C)(O)CN1CCC(C(=CN)c2nc3c(C(N)=O)cc(F)cc3[nH]2)CC1. The van der Waals surface area contributed by atoms with Gasteiger partial charge < -0.3 is 26.5 Å². The summed E-state index contributed by atoms with van der Waals surface area (Å²) in [4.78, 5) is 21.4. The second-order valence-corrected chi connectivity index (χ2v) is 7.78. The van der Waals surface area contributed by atoms with E-state index in [9.17, 15) is 14.3 Å². The Bertz CT molecular complexity index is 876. The minimum Gasteiger partial charge on any atom is -0.404 e. The van der Waals surface area contributed by atoms with Crippen LogP contribution >= 0.6 is 0 Å². The Morgan fingerprint density at radius 3 is 2.67 bits per heavy atom. The van der Waals surface area contributed by atoms with Crippen LogP contribution in [0.15, 0.2) is 18.3 Å². The Hall–Kier alpha value is -2.45. The molecule has 0 unspecified atom stereocenters. The number of likely N-dealkylation sites (tertiary alicyclic amines) is 1. The number of carbonyl (C=O) groups is 1. The van der Waals surface area contributed by atoms with Gasteiger partial charge in [-0.15, -0.1) is 0 Å². The lowest BCUT2D eigenvalue weighted by atomic mass is 9.88. The molecule has 27 heavy (non-hydrogen) atoms. The van der Waals surface area contributed by atoms with Crippen molar-refractivity contribution in [2.24, 2.45) is 17.4 Å². The minimum atomic E-state index is -0.729. The summed E-state index contributed by atoms with van der Waals surface area (Å²) in [5, 5.41) is 9.99. The van der Waals surface area contributed by atoms with E-state index in [-0.39, 0.29) is 11.5 Å². The standard InChI is InChI=1S/C19H26FN5O2/c1-19(2,27)10-25-5-3-11(4-6-25)14(9-21)18-23-15-8-12(20)7-13(17(22)26)16(15)24-18/h7-9,11,27H,3-6,10,21H2,1-2H3,(H2,22,26)(H,23,24). The highest BCUT2D eigenvalue weighted by atomic mass is 19.1. The minimum absolute atomic E-state index is 0.0452. The number of amides is 1. The third-order valence-electron chi connectivity index (χ3n) is 4.91. The normalized spacial score (nSPS) is 17.6. The van der Waals surface area contributed by atoms with Gasteiger partial charge in [-0.1, -0.05) is 0 Å². The highest BCUT2D eigenvalue weighted by Crippen LogP contribution is 2.32. The van der Waals surface area contributed by atoms with Crippen molar-refractivity contribution < 1.29 is 14.3 Å². The van der Waals surface area contributed by atoms with Crippen LogP contribution in [0.2, 0.25) is 0 Å². The van der Waals surface area contributed by atoms with Gasteiger partial charge in [0, 0.05) is 18.3 Å². The number of halogens is 1. The maximum absolute atomic E-state index is 13.8. The summed E-state index contributed by atoms with van der Waals surface area (Å²) in [5.74, 6) is -0.558. The Morgan fingerprint density at radius 1 is 1.44 bits per heavy atom. The number of aromatic amines is 1. The predicted octanol–water partition coefficient (Wildman–Crippen LogP) is 1.58. The lowest BCUT2D eigenvalue weighted by Crippen LogP contribution is -2.43. The molecule has 0 spiro atoms. The Balaban J connectivity index is 1.83. The molecule has 1 amide bonds. The molecule has 0 radical (unpaired) electrons. The molecule has 1 aromatic heterocycles. The van der Waals surface area contributed by atoms with Gasteiger partial charge >= 0.3 is 0 Å². The molecule has 1 saturated heterocycles. The van der Waals surface area contributed by atoms with Crippen LogP contribution in [0.4, 0.5) is 4.39 Å². The van der Waals surface area contributed by atoms with Gasteiger partial charge in [0.2, 0.25) is 0 Å². The Labute approximate surface area is 157 Å². The van der Waals surface area contributed by atoms with E-state index >= 15 is 0 Å². The fourth-order valence-electron chi connectivity index (χ4n) is 3.76. The first kappa shape index (κ1) is 19.3. The number of H-pyrrole nitrogens is 1. The third-order valence-corrected chi connectivity index (χ3v) is 4.91. The fraction of sp³-hybridized carbons (Fsp3) is 0.474. The lowest BCUT2D eigenvalue weighted by Gasteiger charge is -2.35. The van der Waals surface area contributed by atoms with Crippen molar-refractivity contribution in [3.8, 4) is 0 Å². The summed E-state index contributed by atoms with van der Waals surface area (Å²) in [6.45, 7) is 5.90. The van der Waals surface area contributed by atoms with Crippen molar-refractivity contribution in [3.05, 3.63) is 35.5 Å². The van der Waals surface area contributed by atoms with Crippen LogP contribution in [0, 0.1) is 11.7 Å². The second-order valence-electron chi connectivity index (χ2n) is 7.78. The summed E-state index contributed by atoms with van der Waals surface area (Å²) in [6, 6.07) is 2.38. The molecule has 0 atom stereocenters. The highest BCUT2D eigenvalue weighted by molar-refractivity contribution is 6.04. The fourth-order valence-corrected chi connectivity index (χ4v) is 3.76. The first-order valence-electron chi connectivity index (χ1n) is 9.04. The molecule has 2 aromatic rings. The molecule has 8 heteroatoms. The number of aromatic nitrogens is 2. The molecule has 1 fully saturated rings. The van der Waals surface area contributed by atoms with Crippen molar-refractivity contribution in [3.63, 3.8) is 0 Å². The number of hydrogen-bond acceptors (Lipinski definition) is 5. The van der Waals surface area contributed by atoms with Crippen LogP contribution in [0.25, 0.3) is 16.6 Å². The number of piperidine rings is 1. The van der Waals surface area contributed by atoms with Crippen molar-refractivity contribution in [1.82, 2.24) is 14.9 Å². The predicted molar refractivity (Wildman–Crippen MR) is 102 cm³/mol. The Morgan fingerprint density at radius 2 is 2.11 bits per heavy atom. The average Bonchev–Trinajstić information content (AvgIpc) is 2.98. The number of carbonyl (C=O) groups excluding carboxylic acids is 1. The maximum Gasteiger partial charge on any atom is 0.251 e. The zero-order chi connectivity index (χ0) is 19.8. The van der Waals surface area contributed by atoms with E-state index in [2.05, 4.69) is 14.9 Å². The summed E-state index contributed by atoms with van der Waals surface area (Å²) >= 11 is 0. The summed E-state index contributed by atoms with van der Waals surface area (Å²) in [6.07, 6.45) is 3.26. The number of benzene rings is 1. The summed E-state index contributed by atoms with van der Waals surface area (Å²) < 4.78 is 13.8. The van der Waals surface area contributed by atoms with Crippen molar-refractivity contribution >= 4 is 22.5 Å². The number of nitrogens with zero attached hydrogens (tertiary/aromatic N) is 2. The molecule has 0 bridgehead atoms. The van der Waals surface area contributed by atoms with E-state index in [4.69, 9.17) is 11.5 Å².